The lowest BCUT2D eigenvalue weighted by molar-refractivity contribution is 0.1000. The smallest absolute Gasteiger partial charge is 0.248 e. The van der Waals surface area contributed by atoms with Crippen LogP contribution in [0.5, 0.6) is 5.75 Å². The van der Waals surface area contributed by atoms with Gasteiger partial charge in [-0.25, -0.2) is 9.97 Å². The second kappa shape index (κ2) is 10.5. The first kappa shape index (κ1) is 25.4. The Labute approximate surface area is 218 Å². The van der Waals surface area contributed by atoms with Crippen molar-refractivity contribution in [2.24, 2.45) is 5.73 Å². The van der Waals surface area contributed by atoms with Gasteiger partial charge in [-0.15, -0.1) is 0 Å². The molecule has 1 amide bonds. The molecule has 8 nitrogen and oxygen atoms in total. The number of hydrogen-bond acceptors (Lipinski definition) is 6. The topological polar surface area (TPSA) is 142 Å². The number of nitrogens with zero attached hydrogens (tertiary/aromatic N) is 4. The molecule has 0 saturated heterocycles. The molecule has 0 atom stereocenters. The number of carbonyl (C=O) groups is 1. The second-order valence-corrected chi connectivity index (χ2v) is 8.82. The van der Waals surface area contributed by atoms with Gasteiger partial charge in [-0.1, -0.05) is 23.7 Å². The molecule has 0 unspecified atom stereocenters. The molecule has 3 aromatic carbocycles. The van der Waals surface area contributed by atoms with Gasteiger partial charge in [0, 0.05) is 34.4 Å². The van der Waals surface area contributed by atoms with E-state index < -0.39 is 5.91 Å². The van der Waals surface area contributed by atoms with Crippen molar-refractivity contribution in [3.63, 3.8) is 0 Å². The summed E-state index contributed by atoms with van der Waals surface area (Å²) in [7, 11) is 0. The number of phenolic OH excluding ortho intramolecular Hbond substituents is 1. The van der Waals surface area contributed by atoms with Gasteiger partial charge >= 0.3 is 0 Å². The maximum Gasteiger partial charge on any atom is 0.248 e. The molecule has 0 aliphatic carbocycles. The number of nitrogens with two attached hydrogens (primary N) is 1. The molecule has 0 saturated carbocycles. The molecule has 0 fully saturated rings. The SMILES string of the molecule is Cc1cc2nc(Cl)c(Cn3ccc4c(C=N)cccc43)nc2cc1C.N#Cc1cc(C(N)=O)ccc1O. The number of nitrogens with one attached hydrogen (secondary N) is 1. The van der Waals surface area contributed by atoms with E-state index in [1.54, 1.807) is 6.07 Å². The number of rotatable bonds is 4. The summed E-state index contributed by atoms with van der Waals surface area (Å²) in [4.78, 5) is 19.9. The van der Waals surface area contributed by atoms with Gasteiger partial charge in [-0.05, 0) is 67.4 Å². The molecule has 0 spiro atoms. The number of benzene rings is 3. The molecule has 0 bridgehead atoms. The molecule has 2 aromatic heterocycles. The molecule has 184 valence electrons. The zero-order valence-electron chi connectivity index (χ0n) is 20.2. The molecule has 0 aliphatic rings. The number of carbonyl (C=O) groups excluding carboxylic acids is 1. The van der Waals surface area contributed by atoms with Gasteiger partial charge in [0.25, 0.3) is 0 Å². The lowest BCUT2D eigenvalue weighted by atomic mass is 10.1. The third-order valence-electron chi connectivity index (χ3n) is 6.03. The maximum absolute atomic E-state index is 10.6. The number of amides is 1. The molecular formula is C28H23ClN6O2. The number of hydrogen-bond donors (Lipinski definition) is 3. The number of nitriles is 1. The Morgan fingerprint density at radius 2 is 1.84 bits per heavy atom. The minimum atomic E-state index is -0.619. The van der Waals surface area contributed by atoms with Gasteiger partial charge in [0.15, 0.2) is 5.15 Å². The van der Waals surface area contributed by atoms with Crippen molar-refractivity contribution in [1.29, 1.82) is 10.7 Å². The molecule has 37 heavy (non-hydrogen) atoms. The first-order valence-corrected chi connectivity index (χ1v) is 11.6. The first-order chi connectivity index (χ1) is 17.7. The van der Waals surface area contributed by atoms with Crippen LogP contribution in [0.1, 0.15) is 38.3 Å². The van der Waals surface area contributed by atoms with Crippen LogP contribution in [0.4, 0.5) is 0 Å². The summed E-state index contributed by atoms with van der Waals surface area (Å²) in [6, 6.07) is 17.6. The largest absolute Gasteiger partial charge is 0.507 e. The van der Waals surface area contributed by atoms with E-state index >= 15 is 0 Å². The second-order valence-electron chi connectivity index (χ2n) is 8.46. The Morgan fingerprint density at radius 1 is 1.14 bits per heavy atom. The van der Waals surface area contributed by atoms with Crippen LogP contribution < -0.4 is 5.73 Å². The van der Waals surface area contributed by atoms with Crippen LogP contribution in [0.25, 0.3) is 21.9 Å². The summed E-state index contributed by atoms with van der Waals surface area (Å²) in [5, 5.41) is 26.5. The standard InChI is InChI=1S/C20H17ClN4.C8H6N2O2/c1-12-8-16-17(9-13(12)2)24-20(21)18(23-16)11-25-7-6-15-14(10-22)4-3-5-19(15)25;9-4-6-3-5(8(10)12)1-2-7(6)11/h3-10,22H,11H2,1-2H3;1-3,11H,(H2,10,12). The predicted molar refractivity (Wildman–Crippen MR) is 144 cm³/mol. The summed E-state index contributed by atoms with van der Waals surface area (Å²) in [6.45, 7) is 4.67. The molecule has 5 aromatic rings. The van der Waals surface area contributed by atoms with Crippen molar-refractivity contribution < 1.29 is 9.90 Å². The molecule has 0 radical (unpaired) electrons. The molecule has 5 rings (SSSR count). The summed E-state index contributed by atoms with van der Waals surface area (Å²) in [5.74, 6) is -0.769. The van der Waals surface area contributed by atoms with E-state index in [1.165, 1.54) is 35.5 Å². The predicted octanol–water partition coefficient (Wildman–Crippen LogP) is 5.26. The Kier molecular flexibility index (Phi) is 7.18. The summed E-state index contributed by atoms with van der Waals surface area (Å²) in [6.07, 6.45) is 3.38. The minimum Gasteiger partial charge on any atom is -0.507 e. The van der Waals surface area contributed by atoms with E-state index in [9.17, 15) is 4.79 Å². The van der Waals surface area contributed by atoms with Crippen molar-refractivity contribution in [3.8, 4) is 11.8 Å². The molecule has 2 heterocycles. The molecule has 9 heteroatoms. The zero-order valence-corrected chi connectivity index (χ0v) is 20.9. The van der Waals surface area contributed by atoms with Gasteiger partial charge in [0.05, 0.1) is 28.8 Å². The number of phenols is 1. The van der Waals surface area contributed by atoms with E-state index in [1.807, 2.05) is 36.5 Å². The van der Waals surface area contributed by atoms with E-state index in [0.717, 1.165) is 33.2 Å². The maximum atomic E-state index is 10.6. The third kappa shape index (κ3) is 5.27. The highest BCUT2D eigenvalue weighted by molar-refractivity contribution is 6.30. The highest BCUT2D eigenvalue weighted by atomic mass is 35.5. The third-order valence-corrected chi connectivity index (χ3v) is 6.33. The van der Waals surface area contributed by atoms with Crippen molar-refractivity contribution in [1.82, 2.24) is 14.5 Å². The molecule has 0 aliphatic heterocycles. The van der Waals surface area contributed by atoms with Gasteiger partial charge in [0.1, 0.15) is 11.8 Å². The van der Waals surface area contributed by atoms with E-state index in [4.69, 9.17) is 38.1 Å². The highest BCUT2D eigenvalue weighted by Gasteiger charge is 2.11. The number of aryl methyl sites for hydroxylation is 2. The monoisotopic (exact) mass is 510 g/mol. The van der Waals surface area contributed by atoms with Crippen LogP contribution in [-0.2, 0) is 6.54 Å². The summed E-state index contributed by atoms with van der Waals surface area (Å²) >= 11 is 6.40. The first-order valence-electron chi connectivity index (χ1n) is 11.3. The van der Waals surface area contributed by atoms with Crippen LogP contribution in [0.2, 0.25) is 5.15 Å². The number of fused-ring (bicyclic) bond motifs is 2. The van der Waals surface area contributed by atoms with E-state index in [0.29, 0.717) is 11.7 Å². The van der Waals surface area contributed by atoms with Crippen LogP contribution >= 0.6 is 11.6 Å². The van der Waals surface area contributed by atoms with Crippen LogP contribution in [0.15, 0.2) is 60.8 Å². The lowest BCUT2D eigenvalue weighted by Crippen LogP contribution is -2.10. The van der Waals surface area contributed by atoms with Gasteiger partial charge in [-0.2, -0.15) is 5.26 Å². The van der Waals surface area contributed by atoms with Crippen LogP contribution in [-0.4, -0.2) is 31.8 Å². The van der Waals surface area contributed by atoms with Crippen LogP contribution in [0, 0.1) is 30.6 Å². The Hall–Kier alpha value is -4.74. The van der Waals surface area contributed by atoms with Gasteiger partial charge < -0.3 is 20.8 Å². The average Bonchev–Trinajstić information content (AvgIpc) is 3.29. The zero-order chi connectivity index (χ0) is 26.7. The summed E-state index contributed by atoms with van der Waals surface area (Å²) in [5.41, 5.74) is 12.0. The number of halogens is 1. The van der Waals surface area contributed by atoms with Crippen molar-refractivity contribution in [2.45, 2.75) is 20.4 Å². The fraction of sp³-hybridized carbons (Fsp3) is 0.107. The minimum absolute atomic E-state index is 0.0475. The van der Waals surface area contributed by atoms with Crippen molar-refractivity contribution >= 4 is 45.7 Å². The fourth-order valence-electron chi connectivity index (χ4n) is 3.88. The number of aromatic hydroxyl groups is 1. The Morgan fingerprint density at radius 3 is 2.49 bits per heavy atom. The number of primary amides is 1. The molecule has 4 N–H and O–H groups in total. The Bertz CT molecular complexity index is 1720. The van der Waals surface area contributed by atoms with Gasteiger partial charge in [0.2, 0.25) is 5.91 Å². The van der Waals surface area contributed by atoms with Gasteiger partial charge in [-0.3, -0.25) is 4.79 Å². The highest BCUT2D eigenvalue weighted by Crippen LogP contribution is 2.24. The Balaban J connectivity index is 0.000000225. The summed E-state index contributed by atoms with van der Waals surface area (Å²) < 4.78 is 2.09. The van der Waals surface area contributed by atoms with E-state index in [-0.39, 0.29) is 16.9 Å². The van der Waals surface area contributed by atoms with E-state index in [2.05, 4.69) is 29.5 Å². The molecular weight excluding hydrogens is 488 g/mol. The van der Waals surface area contributed by atoms with Crippen LogP contribution in [0.3, 0.4) is 0 Å². The fourth-order valence-corrected chi connectivity index (χ4v) is 4.07. The average molecular weight is 511 g/mol. The number of aromatic nitrogens is 3. The normalized spacial score (nSPS) is 10.5. The van der Waals surface area contributed by atoms with Crippen molar-refractivity contribution in [3.05, 3.63) is 99.5 Å². The lowest BCUT2D eigenvalue weighted by Gasteiger charge is -2.09. The van der Waals surface area contributed by atoms with Crippen molar-refractivity contribution in [2.75, 3.05) is 0 Å². The quantitative estimate of drug-likeness (QED) is 0.282.